The van der Waals surface area contributed by atoms with E-state index in [0.29, 0.717) is 37.7 Å². The number of H-pyrrole nitrogens is 1. The minimum atomic E-state index is -5.08. The molecule has 2 aromatic rings. The van der Waals surface area contributed by atoms with Gasteiger partial charge in [0, 0.05) is 37.2 Å². The van der Waals surface area contributed by atoms with Gasteiger partial charge in [-0.25, -0.2) is 4.79 Å². The predicted octanol–water partition coefficient (Wildman–Crippen LogP) is 1.85. The smallest absolute Gasteiger partial charge is 0.475 e. The lowest BCUT2D eigenvalue weighted by molar-refractivity contribution is -0.192. The van der Waals surface area contributed by atoms with Gasteiger partial charge in [-0.2, -0.15) is 13.2 Å². The predicted molar refractivity (Wildman–Crippen MR) is 119 cm³/mol. The van der Waals surface area contributed by atoms with E-state index in [2.05, 4.69) is 15.2 Å². The molecule has 5 rings (SSSR count). The highest BCUT2D eigenvalue weighted by Gasteiger charge is 2.52. The summed E-state index contributed by atoms with van der Waals surface area (Å²) in [6.45, 7) is 3.19. The van der Waals surface area contributed by atoms with E-state index in [1.54, 1.807) is 13.2 Å². The highest BCUT2D eigenvalue weighted by Crippen LogP contribution is 2.36. The Morgan fingerprint density at radius 1 is 1.20 bits per heavy atom. The van der Waals surface area contributed by atoms with Crippen molar-refractivity contribution >= 4 is 28.7 Å². The minimum absolute atomic E-state index is 0.0153. The second kappa shape index (κ2) is 9.50. The van der Waals surface area contributed by atoms with E-state index in [4.69, 9.17) is 14.6 Å². The minimum Gasteiger partial charge on any atom is -0.475 e. The van der Waals surface area contributed by atoms with Gasteiger partial charge in [-0.15, -0.1) is 0 Å². The van der Waals surface area contributed by atoms with E-state index in [1.807, 2.05) is 29.2 Å². The molecule has 0 radical (unpaired) electrons. The number of carbonyl (C=O) groups excluding carboxylic acids is 2. The van der Waals surface area contributed by atoms with Gasteiger partial charge < -0.3 is 25.0 Å². The zero-order chi connectivity index (χ0) is 25.4. The van der Waals surface area contributed by atoms with Crippen LogP contribution in [-0.4, -0.2) is 95.3 Å². The molecule has 1 unspecified atom stereocenters. The normalized spacial score (nSPS) is 21.7. The summed E-state index contributed by atoms with van der Waals surface area (Å²) in [5, 5.41) is 10.8. The van der Waals surface area contributed by atoms with Crippen molar-refractivity contribution in [1.29, 1.82) is 0 Å². The molecule has 1 aromatic heterocycles. The molecule has 1 spiro atoms. The number of fused-ring (bicyclic) bond motifs is 1. The van der Waals surface area contributed by atoms with Crippen LogP contribution in [0, 0.1) is 5.92 Å². The molecule has 1 aliphatic carbocycles. The maximum absolute atomic E-state index is 13.0. The number of aromatic amines is 1. The van der Waals surface area contributed by atoms with E-state index >= 15 is 0 Å². The van der Waals surface area contributed by atoms with E-state index < -0.39 is 12.1 Å². The highest BCUT2D eigenvalue weighted by molar-refractivity contribution is 6.07. The Kier molecular flexibility index (Phi) is 6.78. The molecule has 12 heteroatoms. The van der Waals surface area contributed by atoms with Crippen LogP contribution in [0.3, 0.4) is 0 Å². The van der Waals surface area contributed by atoms with E-state index in [1.165, 1.54) is 12.8 Å². The number of carboxylic acid groups (broad SMARTS) is 1. The van der Waals surface area contributed by atoms with Crippen molar-refractivity contribution in [1.82, 2.24) is 20.1 Å². The highest BCUT2D eigenvalue weighted by atomic mass is 19.4. The van der Waals surface area contributed by atoms with Crippen LogP contribution in [-0.2, 0) is 14.3 Å². The quantitative estimate of drug-likeness (QED) is 0.595. The number of carbonyl (C=O) groups is 3. The molecule has 1 atom stereocenters. The molecule has 3 N–H and O–H groups in total. The number of amides is 2. The Bertz CT molecular complexity index is 1110. The van der Waals surface area contributed by atoms with Crippen LogP contribution in [0.15, 0.2) is 30.5 Å². The maximum atomic E-state index is 13.0. The van der Waals surface area contributed by atoms with Crippen LogP contribution in [0.1, 0.15) is 23.2 Å². The molecule has 190 valence electrons. The SMILES string of the molecule is CNC(=O)C1COC2(CN(C(=O)c3c[nH]c4ccccc34)C2)CN1CC1CC1.O=C(O)C(F)(F)F. The Labute approximate surface area is 199 Å². The number of aliphatic carboxylic acids is 1. The van der Waals surface area contributed by atoms with Crippen molar-refractivity contribution in [3.05, 3.63) is 36.0 Å². The third-order valence-corrected chi connectivity index (χ3v) is 6.53. The van der Waals surface area contributed by atoms with Gasteiger partial charge in [0.25, 0.3) is 5.91 Å². The number of morpholine rings is 1. The second-order valence-electron chi connectivity index (χ2n) is 9.21. The Morgan fingerprint density at radius 3 is 2.46 bits per heavy atom. The van der Waals surface area contributed by atoms with Gasteiger partial charge in [0.05, 0.1) is 25.3 Å². The molecule has 35 heavy (non-hydrogen) atoms. The number of alkyl halides is 3. The average molecular weight is 496 g/mol. The van der Waals surface area contributed by atoms with Crippen LogP contribution in [0.5, 0.6) is 0 Å². The molecular formula is C23H27F3N4O5. The van der Waals surface area contributed by atoms with Crippen molar-refractivity contribution in [2.24, 2.45) is 5.92 Å². The number of hydrogen-bond donors (Lipinski definition) is 3. The summed E-state index contributed by atoms with van der Waals surface area (Å²) in [7, 11) is 1.67. The van der Waals surface area contributed by atoms with Crippen LogP contribution in [0.4, 0.5) is 13.2 Å². The lowest BCUT2D eigenvalue weighted by Crippen LogP contribution is -2.73. The topological polar surface area (TPSA) is 115 Å². The number of nitrogens with zero attached hydrogens (tertiary/aromatic N) is 2. The first kappa shape index (κ1) is 25.0. The van der Waals surface area contributed by atoms with Gasteiger partial charge in [-0.05, 0) is 24.8 Å². The Hall–Kier alpha value is -3.12. The van der Waals surface area contributed by atoms with Gasteiger partial charge in [-0.1, -0.05) is 18.2 Å². The molecule has 3 aliphatic rings. The fourth-order valence-electron chi connectivity index (χ4n) is 4.52. The number of hydrogen-bond acceptors (Lipinski definition) is 5. The summed E-state index contributed by atoms with van der Waals surface area (Å²) < 4.78 is 37.9. The van der Waals surface area contributed by atoms with E-state index in [-0.39, 0.29) is 23.5 Å². The summed E-state index contributed by atoms with van der Waals surface area (Å²) >= 11 is 0. The number of likely N-dealkylation sites (N-methyl/N-ethyl adjacent to an activating group) is 1. The van der Waals surface area contributed by atoms with Crippen molar-refractivity contribution in [2.45, 2.75) is 30.7 Å². The molecule has 2 amide bonds. The number of benzene rings is 1. The van der Waals surface area contributed by atoms with E-state index in [9.17, 15) is 22.8 Å². The number of likely N-dealkylation sites (tertiary alicyclic amines) is 1. The average Bonchev–Trinajstić information content (AvgIpc) is 3.51. The number of carboxylic acids is 1. The van der Waals surface area contributed by atoms with Gasteiger partial charge in [-0.3, -0.25) is 14.5 Å². The molecule has 1 saturated carbocycles. The van der Waals surface area contributed by atoms with Crippen molar-refractivity contribution in [3.63, 3.8) is 0 Å². The number of aromatic nitrogens is 1. The van der Waals surface area contributed by atoms with Gasteiger partial charge in [0.1, 0.15) is 11.6 Å². The summed E-state index contributed by atoms with van der Waals surface area (Å²) in [5.74, 6) is -2.01. The second-order valence-corrected chi connectivity index (χ2v) is 9.21. The third kappa shape index (κ3) is 5.43. The van der Waals surface area contributed by atoms with Crippen molar-refractivity contribution in [2.75, 3.05) is 39.8 Å². The first-order chi connectivity index (χ1) is 16.5. The molecule has 3 fully saturated rings. The number of halogens is 3. The monoisotopic (exact) mass is 496 g/mol. The Morgan fingerprint density at radius 2 is 1.86 bits per heavy atom. The van der Waals surface area contributed by atoms with Gasteiger partial charge >= 0.3 is 12.1 Å². The molecule has 9 nitrogen and oxygen atoms in total. The molecular weight excluding hydrogens is 469 g/mol. The fraction of sp³-hybridized carbons (Fsp3) is 0.522. The van der Waals surface area contributed by atoms with Crippen molar-refractivity contribution in [3.8, 4) is 0 Å². The number of rotatable bonds is 4. The first-order valence-corrected chi connectivity index (χ1v) is 11.3. The third-order valence-electron chi connectivity index (χ3n) is 6.53. The first-order valence-electron chi connectivity index (χ1n) is 11.3. The van der Waals surface area contributed by atoms with Crippen molar-refractivity contribution < 1.29 is 37.4 Å². The van der Waals surface area contributed by atoms with Crippen LogP contribution in [0.25, 0.3) is 10.9 Å². The zero-order valence-electron chi connectivity index (χ0n) is 19.1. The van der Waals surface area contributed by atoms with Crippen LogP contribution >= 0.6 is 0 Å². The van der Waals surface area contributed by atoms with Gasteiger partial charge in [0.2, 0.25) is 5.91 Å². The number of nitrogens with one attached hydrogen (secondary N) is 2. The maximum Gasteiger partial charge on any atom is 0.490 e. The molecule has 2 saturated heterocycles. The number of para-hydroxylation sites is 1. The van der Waals surface area contributed by atoms with Crippen LogP contribution in [0.2, 0.25) is 0 Å². The summed E-state index contributed by atoms with van der Waals surface area (Å²) in [6, 6.07) is 7.62. The summed E-state index contributed by atoms with van der Waals surface area (Å²) in [5.41, 5.74) is 1.33. The largest absolute Gasteiger partial charge is 0.490 e. The summed E-state index contributed by atoms with van der Waals surface area (Å²) in [4.78, 5) is 41.4. The van der Waals surface area contributed by atoms with Crippen LogP contribution < -0.4 is 5.32 Å². The summed E-state index contributed by atoms with van der Waals surface area (Å²) in [6.07, 6.45) is -0.799. The Balaban J connectivity index is 0.000000364. The van der Waals surface area contributed by atoms with Gasteiger partial charge in [0.15, 0.2) is 0 Å². The standard InChI is InChI=1S/C21H26N4O3.C2HF3O2/c1-22-19(26)18-10-28-21(11-24(18)9-14-6-7-14)12-25(13-21)20(27)16-8-23-17-5-3-2-4-15(16)17;3-2(4,5)1(6)7/h2-5,8,14,18,23H,6-7,9-13H2,1H3,(H,22,26);(H,6,7). The molecule has 1 aromatic carbocycles. The lowest BCUT2D eigenvalue weighted by atomic mass is 9.89. The lowest BCUT2D eigenvalue weighted by Gasteiger charge is -2.55. The molecule has 2 aliphatic heterocycles. The molecule has 3 heterocycles. The van der Waals surface area contributed by atoms with E-state index in [0.717, 1.165) is 17.4 Å². The molecule has 0 bridgehead atoms. The number of ether oxygens (including phenoxy) is 1. The zero-order valence-corrected chi connectivity index (χ0v) is 19.1. The fourth-order valence-corrected chi connectivity index (χ4v) is 4.52.